The molecule has 1 fully saturated rings. The largest absolute Gasteiger partial charge is 0.478 e. The van der Waals surface area contributed by atoms with Crippen LogP contribution in [0, 0.1) is 11.2 Å². The molecule has 1 aromatic rings. The van der Waals surface area contributed by atoms with Gasteiger partial charge >= 0.3 is 12.0 Å². The molecule has 0 heterocycles. The van der Waals surface area contributed by atoms with E-state index in [1.54, 1.807) is 0 Å². The summed E-state index contributed by atoms with van der Waals surface area (Å²) < 4.78 is 13.7. The third kappa shape index (κ3) is 3.93. The fourth-order valence-electron chi connectivity index (χ4n) is 2.65. The molecule has 6 heteroatoms. The lowest BCUT2D eigenvalue weighted by Crippen LogP contribution is -2.37. The smallest absolute Gasteiger partial charge is 0.335 e. The van der Waals surface area contributed by atoms with Gasteiger partial charge in [-0.2, -0.15) is 0 Å². The van der Waals surface area contributed by atoms with Crippen molar-refractivity contribution < 1.29 is 19.1 Å². The number of aromatic carboxylic acids is 1. The standard InChI is InChI=1S/C15H19FN2O3/c1-15(2)6-5-10(8-15)17-14(21)18-12-4-3-9(13(19)20)7-11(12)16/h3-4,7,10H,5-6,8H2,1-2H3,(H,19,20)(H2,17,18,21). The molecule has 114 valence electrons. The molecular formula is C15H19FN2O3. The van der Waals surface area contributed by atoms with Crippen LogP contribution >= 0.6 is 0 Å². The third-order valence-electron chi connectivity index (χ3n) is 3.77. The lowest BCUT2D eigenvalue weighted by molar-refractivity contribution is 0.0696. The van der Waals surface area contributed by atoms with Gasteiger partial charge < -0.3 is 15.7 Å². The van der Waals surface area contributed by atoms with Crippen molar-refractivity contribution in [2.24, 2.45) is 5.41 Å². The van der Waals surface area contributed by atoms with Crippen molar-refractivity contribution in [3.8, 4) is 0 Å². The Morgan fingerprint density at radius 2 is 2.10 bits per heavy atom. The highest BCUT2D eigenvalue weighted by molar-refractivity contribution is 5.91. The zero-order valence-electron chi connectivity index (χ0n) is 12.1. The van der Waals surface area contributed by atoms with E-state index in [9.17, 15) is 14.0 Å². The lowest BCUT2D eigenvalue weighted by Gasteiger charge is -2.18. The summed E-state index contributed by atoms with van der Waals surface area (Å²) in [7, 11) is 0. The van der Waals surface area contributed by atoms with Crippen LogP contribution in [0.15, 0.2) is 18.2 Å². The normalized spacial score (nSPS) is 20.0. The van der Waals surface area contributed by atoms with Gasteiger partial charge in [0, 0.05) is 6.04 Å². The van der Waals surface area contributed by atoms with Crippen LogP contribution in [-0.4, -0.2) is 23.1 Å². The summed E-state index contributed by atoms with van der Waals surface area (Å²) in [6, 6.07) is 2.99. The quantitative estimate of drug-likeness (QED) is 0.801. The van der Waals surface area contributed by atoms with Gasteiger partial charge in [0.1, 0.15) is 5.82 Å². The third-order valence-corrected chi connectivity index (χ3v) is 3.77. The fraction of sp³-hybridized carbons (Fsp3) is 0.467. The van der Waals surface area contributed by atoms with E-state index < -0.39 is 17.8 Å². The van der Waals surface area contributed by atoms with E-state index in [2.05, 4.69) is 24.5 Å². The van der Waals surface area contributed by atoms with Gasteiger partial charge in [0.05, 0.1) is 11.3 Å². The molecule has 0 saturated heterocycles. The van der Waals surface area contributed by atoms with E-state index in [1.165, 1.54) is 12.1 Å². The van der Waals surface area contributed by atoms with Gasteiger partial charge in [0.25, 0.3) is 0 Å². The van der Waals surface area contributed by atoms with E-state index in [0.717, 1.165) is 25.3 Å². The minimum atomic E-state index is -1.21. The van der Waals surface area contributed by atoms with Crippen molar-refractivity contribution >= 4 is 17.7 Å². The van der Waals surface area contributed by atoms with Crippen LogP contribution in [0.1, 0.15) is 43.5 Å². The molecule has 0 aromatic heterocycles. The van der Waals surface area contributed by atoms with Gasteiger partial charge in [-0.25, -0.2) is 14.0 Å². The fourth-order valence-corrected chi connectivity index (χ4v) is 2.65. The second-order valence-corrected chi connectivity index (χ2v) is 6.20. The first kappa shape index (κ1) is 15.3. The summed E-state index contributed by atoms with van der Waals surface area (Å²) in [6.07, 6.45) is 2.83. The van der Waals surface area contributed by atoms with Gasteiger partial charge in [-0.15, -0.1) is 0 Å². The Bertz CT molecular complexity index is 572. The Morgan fingerprint density at radius 1 is 1.38 bits per heavy atom. The lowest BCUT2D eigenvalue weighted by atomic mass is 9.92. The predicted molar refractivity (Wildman–Crippen MR) is 76.9 cm³/mol. The average Bonchev–Trinajstić information content (AvgIpc) is 2.70. The second-order valence-electron chi connectivity index (χ2n) is 6.20. The Balaban J connectivity index is 1.95. The van der Waals surface area contributed by atoms with Gasteiger partial charge in [-0.3, -0.25) is 0 Å². The molecule has 0 aliphatic heterocycles. The van der Waals surface area contributed by atoms with Gasteiger partial charge in [-0.1, -0.05) is 13.8 Å². The molecule has 3 N–H and O–H groups in total. The van der Waals surface area contributed by atoms with Crippen LogP contribution in [-0.2, 0) is 0 Å². The molecule has 2 rings (SSSR count). The molecule has 2 amide bonds. The Kier molecular flexibility index (Phi) is 4.16. The highest BCUT2D eigenvalue weighted by atomic mass is 19.1. The van der Waals surface area contributed by atoms with Crippen LogP contribution in [0.5, 0.6) is 0 Å². The maximum Gasteiger partial charge on any atom is 0.335 e. The molecule has 0 spiro atoms. The average molecular weight is 294 g/mol. The van der Waals surface area contributed by atoms with E-state index in [4.69, 9.17) is 5.11 Å². The molecule has 1 unspecified atom stereocenters. The topological polar surface area (TPSA) is 78.4 Å². The molecule has 1 atom stereocenters. The molecular weight excluding hydrogens is 275 g/mol. The zero-order chi connectivity index (χ0) is 15.6. The van der Waals surface area contributed by atoms with Crippen molar-refractivity contribution in [2.45, 2.75) is 39.2 Å². The Morgan fingerprint density at radius 3 is 2.62 bits per heavy atom. The molecule has 21 heavy (non-hydrogen) atoms. The number of anilines is 1. The number of halogens is 1. The summed E-state index contributed by atoms with van der Waals surface area (Å²) in [5.74, 6) is -1.98. The molecule has 1 aliphatic carbocycles. The zero-order valence-corrected chi connectivity index (χ0v) is 12.1. The number of rotatable bonds is 3. The Labute approximate surface area is 122 Å². The van der Waals surface area contributed by atoms with E-state index in [1.807, 2.05) is 0 Å². The Hall–Kier alpha value is -2.11. The number of carboxylic acid groups (broad SMARTS) is 1. The van der Waals surface area contributed by atoms with Crippen molar-refractivity contribution in [2.75, 3.05) is 5.32 Å². The first-order valence-electron chi connectivity index (χ1n) is 6.87. The number of amides is 2. The van der Waals surface area contributed by atoms with Gasteiger partial charge in [0.2, 0.25) is 0 Å². The first-order chi connectivity index (χ1) is 9.77. The summed E-state index contributed by atoms with van der Waals surface area (Å²) in [5.41, 5.74) is 0.0255. The number of benzene rings is 1. The number of carboxylic acids is 1. The summed E-state index contributed by atoms with van der Waals surface area (Å²) in [4.78, 5) is 22.6. The van der Waals surface area contributed by atoms with Crippen molar-refractivity contribution in [3.05, 3.63) is 29.6 Å². The monoisotopic (exact) mass is 294 g/mol. The minimum Gasteiger partial charge on any atom is -0.478 e. The van der Waals surface area contributed by atoms with E-state index in [-0.39, 0.29) is 22.7 Å². The number of carbonyl (C=O) groups excluding carboxylic acids is 1. The van der Waals surface area contributed by atoms with Crippen LogP contribution < -0.4 is 10.6 Å². The van der Waals surface area contributed by atoms with Crippen molar-refractivity contribution in [1.29, 1.82) is 0 Å². The molecule has 1 aliphatic rings. The molecule has 0 radical (unpaired) electrons. The number of nitrogens with one attached hydrogen (secondary N) is 2. The molecule has 0 bridgehead atoms. The number of urea groups is 1. The molecule has 1 saturated carbocycles. The highest BCUT2D eigenvalue weighted by Gasteiger charge is 2.31. The molecule has 1 aromatic carbocycles. The highest BCUT2D eigenvalue weighted by Crippen LogP contribution is 2.36. The van der Waals surface area contributed by atoms with Crippen LogP contribution in [0.2, 0.25) is 0 Å². The summed E-state index contributed by atoms with van der Waals surface area (Å²) in [6.45, 7) is 4.30. The van der Waals surface area contributed by atoms with Crippen LogP contribution in [0.25, 0.3) is 0 Å². The van der Waals surface area contributed by atoms with E-state index in [0.29, 0.717) is 0 Å². The number of hydrogen-bond acceptors (Lipinski definition) is 2. The maximum absolute atomic E-state index is 13.7. The SMILES string of the molecule is CC1(C)CCC(NC(=O)Nc2ccc(C(=O)O)cc2F)C1. The summed E-state index contributed by atoms with van der Waals surface area (Å²) in [5, 5.41) is 14.0. The maximum atomic E-state index is 13.7. The predicted octanol–water partition coefficient (Wildman–Crippen LogP) is 3.22. The van der Waals surface area contributed by atoms with Gasteiger partial charge in [0.15, 0.2) is 0 Å². The summed E-state index contributed by atoms with van der Waals surface area (Å²) >= 11 is 0. The van der Waals surface area contributed by atoms with Crippen molar-refractivity contribution in [3.63, 3.8) is 0 Å². The van der Waals surface area contributed by atoms with Crippen LogP contribution in [0.3, 0.4) is 0 Å². The second kappa shape index (κ2) is 5.71. The van der Waals surface area contributed by atoms with E-state index >= 15 is 0 Å². The molecule has 5 nitrogen and oxygen atoms in total. The number of carbonyl (C=O) groups is 2. The number of hydrogen-bond donors (Lipinski definition) is 3. The van der Waals surface area contributed by atoms with Crippen LogP contribution in [0.4, 0.5) is 14.9 Å². The van der Waals surface area contributed by atoms with Crippen molar-refractivity contribution in [1.82, 2.24) is 5.32 Å². The minimum absolute atomic E-state index is 0.0326. The van der Waals surface area contributed by atoms with Gasteiger partial charge in [-0.05, 0) is 42.9 Å². The first-order valence-corrected chi connectivity index (χ1v) is 6.87.